The van der Waals surface area contributed by atoms with Gasteiger partial charge in [0, 0.05) is 28.9 Å². The number of fused-ring (bicyclic) bond motifs is 1. The highest BCUT2D eigenvalue weighted by atomic mass is 35.5. The van der Waals surface area contributed by atoms with Crippen LogP contribution in [0.2, 0.25) is 5.02 Å². The molecule has 9 heteroatoms. The molecule has 0 aliphatic heterocycles. The first-order valence-electron chi connectivity index (χ1n) is 13.7. The SMILES string of the molecule is CC(C)(C)NC(=O)[C@@H](Cc1ccccc1)N(Cc1ccc(Cl)cc1)C(=O)CN(c1cccc2ccccc12)S(C)(=O)=O. The highest BCUT2D eigenvalue weighted by Crippen LogP contribution is 2.29. The summed E-state index contributed by atoms with van der Waals surface area (Å²) in [6.07, 6.45) is 1.33. The van der Waals surface area contributed by atoms with Crippen molar-refractivity contribution < 1.29 is 18.0 Å². The van der Waals surface area contributed by atoms with E-state index in [-0.39, 0.29) is 18.9 Å². The molecule has 0 fully saturated rings. The maximum atomic E-state index is 14.3. The van der Waals surface area contributed by atoms with Crippen molar-refractivity contribution in [2.24, 2.45) is 0 Å². The van der Waals surface area contributed by atoms with Crippen molar-refractivity contribution in [3.05, 3.63) is 113 Å². The van der Waals surface area contributed by atoms with Crippen molar-refractivity contribution in [3.8, 4) is 0 Å². The molecule has 4 rings (SSSR count). The van der Waals surface area contributed by atoms with Gasteiger partial charge in [-0.15, -0.1) is 0 Å². The first-order valence-corrected chi connectivity index (χ1v) is 15.9. The molecule has 4 aromatic rings. The molecule has 1 atom stereocenters. The second-order valence-electron chi connectivity index (χ2n) is 11.4. The molecule has 0 aromatic heterocycles. The van der Waals surface area contributed by atoms with E-state index in [2.05, 4.69) is 5.32 Å². The summed E-state index contributed by atoms with van der Waals surface area (Å²) < 4.78 is 27.5. The summed E-state index contributed by atoms with van der Waals surface area (Å²) in [7, 11) is -3.88. The molecule has 2 amide bonds. The van der Waals surface area contributed by atoms with E-state index in [1.54, 1.807) is 36.4 Å². The molecule has 0 saturated heterocycles. The molecule has 0 radical (unpaired) electrons. The van der Waals surface area contributed by atoms with E-state index in [4.69, 9.17) is 11.6 Å². The van der Waals surface area contributed by atoms with E-state index in [1.165, 1.54) is 4.90 Å². The minimum absolute atomic E-state index is 0.0816. The summed E-state index contributed by atoms with van der Waals surface area (Å²) in [5.41, 5.74) is 1.47. The van der Waals surface area contributed by atoms with Gasteiger partial charge in [0.05, 0.1) is 11.9 Å². The number of amides is 2. The fraction of sp³-hybridized carbons (Fsp3) is 0.273. The standard InChI is InChI=1S/C33H36ClN3O4S/c1-33(2,3)35-32(39)30(21-24-11-6-5-7-12-24)36(22-25-17-19-27(34)20-18-25)31(38)23-37(42(4,40)41)29-16-10-14-26-13-8-9-15-28(26)29/h5-20,30H,21-23H2,1-4H3,(H,35,39)/t30-/m1/s1. The first-order chi connectivity index (χ1) is 19.8. The van der Waals surface area contributed by atoms with Crippen LogP contribution in [0.5, 0.6) is 0 Å². The third kappa shape index (κ3) is 8.11. The zero-order chi connectivity index (χ0) is 30.5. The van der Waals surface area contributed by atoms with Crippen LogP contribution < -0.4 is 9.62 Å². The molecule has 0 aliphatic rings. The van der Waals surface area contributed by atoms with Crippen LogP contribution in [-0.4, -0.2) is 49.5 Å². The van der Waals surface area contributed by atoms with Gasteiger partial charge >= 0.3 is 0 Å². The average Bonchev–Trinajstić information content (AvgIpc) is 2.93. The van der Waals surface area contributed by atoms with Crippen LogP contribution in [0.3, 0.4) is 0 Å². The summed E-state index contributed by atoms with van der Waals surface area (Å²) in [4.78, 5) is 29.6. The highest BCUT2D eigenvalue weighted by molar-refractivity contribution is 7.92. The molecule has 7 nitrogen and oxygen atoms in total. The number of carbonyl (C=O) groups is 2. The molecule has 42 heavy (non-hydrogen) atoms. The fourth-order valence-electron chi connectivity index (χ4n) is 4.81. The van der Waals surface area contributed by atoms with Gasteiger partial charge in [-0.05, 0) is 55.5 Å². The van der Waals surface area contributed by atoms with Crippen LogP contribution in [-0.2, 0) is 32.6 Å². The van der Waals surface area contributed by atoms with Gasteiger partial charge in [0.25, 0.3) is 0 Å². The fourth-order valence-corrected chi connectivity index (χ4v) is 5.80. The Balaban J connectivity index is 1.79. The number of benzene rings is 4. The number of hydrogen-bond donors (Lipinski definition) is 1. The Morgan fingerprint density at radius 3 is 2.10 bits per heavy atom. The largest absolute Gasteiger partial charge is 0.350 e. The minimum atomic E-state index is -3.88. The van der Waals surface area contributed by atoms with E-state index in [9.17, 15) is 18.0 Å². The van der Waals surface area contributed by atoms with E-state index in [0.29, 0.717) is 16.1 Å². The van der Waals surface area contributed by atoms with Gasteiger partial charge in [-0.25, -0.2) is 8.42 Å². The Morgan fingerprint density at radius 1 is 0.833 bits per heavy atom. The van der Waals surface area contributed by atoms with Crippen molar-refractivity contribution in [3.63, 3.8) is 0 Å². The van der Waals surface area contributed by atoms with Gasteiger partial charge < -0.3 is 10.2 Å². The van der Waals surface area contributed by atoms with Crippen molar-refractivity contribution in [1.82, 2.24) is 10.2 Å². The molecular formula is C33H36ClN3O4S. The number of carbonyl (C=O) groups excluding carboxylic acids is 2. The summed E-state index contributed by atoms with van der Waals surface area (Å²) in [5.74, 6) is -0.835. The predicted molar refractivity (Wildman–Crippen MR) is 170 cm³/mol. The molecule has 0 aliphatic carbocycles. The van der Waals surface area contributed by atoms with Crippen LogP contribution in [0.1, 0.15) is 31.9 Å². The monoisotopic (exact) mass is 605 g/mol. The molecule has 4 aromatic carbocycles. The van der Waals surface area contributed by atoms with E-state index < -0.39 is 34.1 Å². The molecule has 0 unspecified atom stereocenters. The Hall–Kier alpha value is -3.88. The average molecular weight is 606 g/mol. The Morgan fingerprint density at radius 2 is 1.45 bits per heavy atom. The molecule has 1 N–H and O–H groups in total. The molecule has 0 bridgehead atoms. The van der Waals surface area contributed by atoms with Crippen molar-refractivity contribution in [2.45, 2.75) is 45.3 Å². The summed E-state index contributed by atoms with van der Waals surface area (Å²) in [6.45, 7) is 5.23. The normalized spacial score (nSPS) is 12.5. The number of halogens is 1. The second kappa shape index (κ2) is 13.0. The predicted octanol–water partition coefficient (Wildman–Crippen LogP) is 5.81. The van der Waals surface area contributed by atoms with Gasteiger partial charge in [0.2, 0.25) is 21.8 Å². The topological polar surface area (TPSA) is 86.8 Å². The van der Waals surface area contributed by atoms with Gasteiger partial charge in [-0.2, -0.15) is 0 Å². The van der Waals surface area contributed by atoms with Crippen LogP contribution >= 0.6 is 11.6 Å². The highest BCUT2D eigenvalue weighted by Gasteiger charge is 2.34. The molecular weight excluding hydrogens is 570 g/mol. The zero-order valence-electron chi connectivity index (χ0n) is 24.2. The zero-order valence-corrected chi connectivity index (χ0v) is 25.8. The third-order valence-corrected chi connectivity index (χ3v) is 8.13. The van der Waals surface area contributed by atoms with Crippen LogP contribution in [0, 0.1) is 0 Å². The lowest BCUT2D eigenvalue weighted by Gasteiger charge is -2.35. The lowest BCUT2D eigenvalue weighted by atomic mass is 10.0. The van der Waals surface area contributed by atoms with Gasteiger partial charge in [0.15, 0.2) is 0 Å². The van der Waals surface area contributed by atoms with Gasteiger partial charge in [0.1, 0.15) is 12.6 Å². The molecule has 0 heterocycles. The van der Waals surface area contributed by atoms with Crippen molar-refractivity contribution >= 4 is 49.9 Å². The first kappa shape index (κ1) is 31.1. The number of nitrogens with zero attached hydrogens (tertiary/aromatic N) is 2. The van der Waals surface area contributed by atoms with Crippen LogP contribution in [0.25, 0.3) is 10.8 Å². The van der Waals surface area contributed by atoms with Crippen molar-refractivity contribution in [2.75, 3.05) is 17.1 Å². The molecule has 220 valence electrons. The smallest absolute Gasteiger partial charge is 0.244 e. The summed E-state index contributed by atoms with van der Waals surface area (Å²) in [6, 6.07) is 28.3. The quantitative estimate of drug-likeness (QED) is 0.247. The molecule has 0 spiro atoms. The number of sulfonamides is 1. The van der Waals surface area contributed by atoms with Gasteiger partial charge in [-0.1, -0.05) is 90.5 Å². The van der Waals surface area contributed by atoms with Gasteiger partial charge in [-0.3, -0.25) is 13.9 Å². The van der Waals surface area contributed by atoms with E-state index in [0.717, 1.165) is 27.1 Å². The van der Waals surface area contributed by atoms with E-state index in [1.807, 2.05) is 81.4 Å². The maximum Gasteiger partial charge on any atom is 0.244 e. The number of hydrogen-bond acceptors (Lipinski definition) is 4. The number of rotatable bonds is 10. The lowest BCUT2D eigenvalue weighted by Crippen LogP contribution is -2.56. The Kier molecular flexibility index (Phi) is 9.59. The Bertz CT molecular complexity index is 1650. The van der Waals surface area contributed by atoms with Crippen LogP contribution in [0.4, 0.5) is 5.69 Å². The van der Waals surface area contributed by atoms with Crippen LogP contribution in [0.15, 0.2) is 97.1 Å². The van der Waals surface area contributed by atoms with Crippen molar-refractivity contribution in [1.29, 1.82) is 0 Å². The third-order valence-electron chi connectivity index (χ3n) is 6.75. The second-order valence-corrected chi connectivity index (χ2v) is 13.7. The molecule has 0 saturated carbocycles. The maximum absolute atomic E-state index is 14.3. The summed E-state index contributed by atoms with van der Waals surface area (Å²) in [5, 5.41) is 5.12. The number of anilines is 1. The summed E-state index contributed by atoms with van der Waals surface area (Å²) >= 11 is 6.12. The Labute approximate surface area is 253 Å². The number of nitrogens with one attached hydrogen (secondary N) is 1. The lowest BCUT2D eigenvalue weighted by molar-refractivity contribution is -0.140. The minimum Gasteiger partial charge on any atom is -0.350 e. The van der Waals surface area contributed by atoms with E-state index >= 15 is 0 Å².